The summed E-state index contributed by atoms with van der Waals surface area (Å²) in [5, 5.41) is 0. The summed E-state index contributed by atoms with van der Waals surface area (Å²) in [4.78, 5) is 0. The molecule has 0 bridgehead atoms. The third-order valence-corrected chi connectivity index (χ3v) is 4.28. The topological polar surface area (TPSA) is 35.2 Å². The van der Waals surface area contributed by atoms with Gasteiger partial charge in [-0.25, -0.2) is 0 Å². The lowest BCUT2D eigenvalue weighted by Crippen LogP contribution is -2.24. The van der Waals surface area contributed by atoms with E-state index in [-0.39, 0.29) is 12.1 Å². The molecule has 2 N–H and O–H groups in total. The number of hydrogen-bond acceptors (Lipinski definition) is 2. The summed E-state index contributed by atoms with van der Waals surface area (Å²) in [5.74, 6) is 1.48. The van der Waals surface area contributed by atoms with Gasteiger partial charge < -0.3 is 10.5 Å². The Balaban J connectivity index is 1.86. The van der Waals surface area contributed by atoms with Gasteiger partial charge in [0.15, 0.2) is 0 Å². The van der Waals surface area contributed by atoms with Gasteiger partial charge in [-0.3, -0.25) is 0 Å². The Kier molecular flexibility index (Phi) is 3.73. The van der Waals surface area contributed by atoms with Crippen molar-refractivity contribution in [2.75, 3.05) is 0 Å². The van der Waals surface area contributed by atoms with E-state index in [4.69, 9.17) is 10.5 Å². The van der Waals surface area contributed by atoms with Crippen LogP contribution in [0.2, 0.25) is 0 Å². The number of benzene rings is 2. The van der Waals surface area contributed by atoms with Crippen molar-refractivity contribution >= 4 is 0 Å². The minimum absolute atomic E-state index is 0.0448. The maximum Gasteiger partial charge on any atom is 0.126 e. The van der Waals surface area contributed by atoms with Gasteiger partial charge in [0, 0.05) is 18.0 Å². The smallest absolute Gasteiger partial charge is 0.126 e. The highest BCUT2D eigenvalue weighted by atomic mass is 16.5. The normalized spacial score (nSPS) is 21.0. The SMILES string of the molecule is Cc1ccc2c(c1)C(N)CC(c1ccc(C(C)C)cc1)O2. The van der Waals surface area contributed by atoms with Crippen molar-refractivity contribution in [1.82, 2.24) is 0 Å². The molecule has 2 aromatic rings. The zero-order valence-electron chi connectivity index (χ0n) is 13.0. The maximum absolute atomic E-state index is 6.34. The predicted molar refractivity (Wildman–Crippen MR) is 86.6 cm³/mol. The molecule has 0 amide bonds. The molecule has 3 rings (SSSR count). The molecule has 0 spiro atoms. The lowest BCUT2D eigenvalue weighted by molar-refractivity contribution is 0.161. The molecule has 1 aliphatic rings. The summed E-state index contributed by atoms with van der Waals surface area (Å²) in [6, 6.07) is 15.0. The van der Waals surface area contributed by atoms with E-state index in [0.717, 1.165) is 17.7 Å². The van der Waals surface area contributed by atoms with E-state index in [1.54, 1.807) is 0 Å². The second-order valence-electron chi connectivity index (χ2n) is 6.31. The molecule has 2 aromatic carbocycles. The lowest BCUT2D eigenvalue weighted by Gasteiger charge is -2.31. The van der Waals surface area contributed by atoms with Crippen LogP contribution >= 0.6 is 0 Å². The van der Waals surface area contributed by atoms with E-state index in [0.29, 0.717) is 5.92 Å². The van der Waals surface area contributed by atoms with Crippen molar-refractivity contribution in [2.24, 2.45) is 5.73 Å². The average Bonchev–Trinajstić information content (AvgIpc) is 2.48. The monoisotopic (exact) mass is 281 g/mol. The minimum atomic E-state index is 0.0448. The van der Waals surface area contributed by atoms with Gasteiger partial charge in [-0.05, 0) is 30.0 Å². The van der Waals surface area contributed by atoms with E-state index in [1.807, 2.05) is 6.07 Å². The van der Waals surface area contributed by atoms with Gasteiger partial charge >= 0.3 is 0 Å². The molecule has 2 atom stereocenters. The van der Waals surface area contributed by atoms with E-state index in [2.05, 4.69) is 57.2 Å². The third-order valence-electron chi connectivity index (χ3n) is 4.28. The molecular formula is C19H23NO. The number of hydrogen-bond donors (Lipinski definition) is 1. The quantitative estimate of drug-likeness (QED) is 0.870. The molecular weight excluding hydrogens is 258 g/mol. The first-order valence-electron chi connectivity index (χ1n) is 7.67. The fraction of sp³-hybridized carbons (Fsp3) is 0.368. The zero-order valence-corrected chi connectivity index (χ0v) is 13.0. The highest BCUT2D eigenvalue weighted by Crippen LogP contribution is 2.40. The molecule has 0 aliphatic carbocycles. The van der Waals surface area contributed by atoms with Gasteiger partial charge in [-0.1, -0.05) is 55.8 Å². The zero-order chi connectivity index (χ0) is 15.0. The van der Waals surface area contributed by atoms with Crippen LogP contribution in [0.5, 0.6) is 5.75 Å². The number of nitrogens with two attached hydrogens (primary N) is 1. The highest BCUT2D eigenvalue weighted by Gasteiger charge is 2.27. The molecule has 1 aliphatic heterocycles. The summed E-state index contributed by atoms with van der Waals surface area (Å²) in [6.07, 6.45) is 0.883. The fourth-order valence-corrected chi connectivity index (χ4v) is 2.92. The molecule has 2 heteroatoms. The van der Waals surface area contributed by atoms with Crippen LogP contribution in [0.4, 0.5) is 0 Å². The van der Waals surface area contributed by atoms with Crippen LogP contribution in [0.15, 0.2) is 42.5 Å². The third kappa shape index (κ3) is 2.81. The summed E-state index contributed by atoms with van der Waals surface area (Å²) in [7, 11) is 0. The van der Waals surface area contributed by atoms with E-state index in [9.17, 15) is 0 Å². The largest absolute Gasteiger partial charge is 0.485 e. The standard InChI is InChI=1S/C19H23NO/c1-12(2)14-5-7-15(8-6-14)19-11-17(20)16-10-13(3)4-9-18(16)21-19/h4-10,12,17,19H,11,20H2,1-3H3. The van der Waals surface area contributed by atoms with E-state index >= 15 is 0 Å². The Bertz CT molecular complexity index is 631. The van der Waals surface area contributed by atoms with Gasteiger partial charge in [0.25, 0.3) is 0 Å². The maximum atomic E-state index is 6.34. The van der Waals surface area contributed by atoms with Crippen LogP contribution in [0.25, 0.3) is 0 Å². The summed E-state index contributed by atoms with van der Waals surface area (Å²) >= 11 is 0. The molecule has 0 radical (unpaired) electrons. The average molecular weight is 281 g/mol. The lowest BCUT2D eigenvalue weighted by atomic mass is 9.91. The van der Waals surface area contributed by atoms with Crippen LogP contribution in [-0.4, -0.2) is 0 Å². The van der Waals surface area contributed by atoms with Gasteiger partial charge in [-0.2, -0.15) is 0 Å². The molecule has 0 saturated heterocycles. The minimum Gasteiger partial charge on any atom is -0.485 e. The van der Waals surface area contributed by atoms with Gasteiger partial charge in [0.2, 0.25) is 0 Å². The summed E-state index contributed by atoms with van der Waals surface area (Å²) in [6.45, 7) is 6.50. The number of aryl methyl sites for hydroxylation is 1. The number of fused-ring (bicyclic) bond motifs is 1. The Morgan fingerprint density at radius 1 is 1.10 bits per heavy atom. The molecule has 1 heterocycles. The van der Waals surface area contributed by atoms with Crippen molar-refractivity contribution in [2.45, 2.75) is 45.3 Å². The molecule has 2 nitrogen and oxygen atoms in total. The molecule has 21 heavy (non-hydrogen) atoms. The predicted octanol–water partition coefficient (Wildman–Crippen LogP) is 4.64. The second-order valence-corrected chi connectivity index (χ2v) is 6.31. The van der Waals surface area contributed by atoms with Crippen molar-refractivity contribution in [1.29, 1.82) is 0 Å². The first-order valence-corrected chi connectivity index (χ1v) is 7.67. The van der Waals surface area contributed by atoms with Crippen LogP contribution in [0.3, 0.4) is 0 Å². The Morgan fingerprint density at radius 2 is 1.81 bits per heavy atom. The molecule has 110 valence electrons. The summed E-state index contributed by atoms with van der Waals surface area (Å²) in [5.41, 5.74) is 11.3. The van der Waals surface area contributed by atoms with Crippen LogP contribution < -0.4 is 10.5 Å². The number of rotatable bonds is 2. The van der Waals surface area contributed by atoms with Crippen molar-refractivity contribution in [3.05, 3.63) is 64.7 Å². The molecule has 0 aromatic heterocycles. The van der Waals surface area contributed by atoms with Crippen molar-refractivity contribution < 1.29 is 4.74 Å². The van der Waals surface area contributed by atoms with Crippen molar-refractivity contribution in [3.8, 4) is 5.75 Å². The Labute approximate surface area is 126 Å². The number of ether oxygens (including phenoxy) is 1. The first-order chi connectivity index (χ1) is 10.0. The van der Waals surface area contributed by atoms with Crippen LogP contribution in [0, 0.1) is 6.92 Å². The van der Waals surface area contributed by atoms with Crippen LogP contribution in [-0.2, 0) is 0 Å². The highest BCUT2D eigenvalue weighted by molar-refractivity contribution is 5.42. The Morgan fingerprint density at radius 3 is 2.48 bits per heavy atom. The van der Waals surface area contributed by atoms with E-state index in [1.165, 1.54) is 16.7 Å². The van der Waals surface area contributed by atoms with Gasteiger partial charge in [-0.15, -0.1) is 0 Å². The molecule has 0 fully saturated rings. The summed E-state index contributed by atoms with van der Waals surface area (Å²) < 4.78 is 6.16. The fourth-order valence-electron chi connectivity index (χ4n) is 2.92. The van der Waals surface area contributed by atoms with Gasteiger partial charge in [0.05, 0.1) is 0 Å². The van der Waals surface area contributed by atoms with Crippen LogP contribution in [0.1, 0.15) is 60.6 Å². The van der Waals surface area contributed by atoms with Crippen molar-refractivity contribution in [3.63, 3.8) is 0 Å². The second kappa shape index (κ2) is 5.53. The molecule has 2 unspecified atom stereocenters. The Hall–Kier alpha value is -1.80. The van der Waals surface area contributed by atoms with E-state index < -0.39 is 0 Å². The molecule has 0 saturated carbocycles. The van der Waals surface area contributed by atoms with Gasteiger partial charge in [0.1, 0.15) is 11.9 Å². The first kappa shape index (κ1) is 14.2.